The number of fused-ring (bicyclic) bond motifs is 2. The lowest BCUT2D eigenvalue weighted by Crippen LogP contribution is -2.39. The highest BCUT2D eigenvalue weighted by Gasteiger charge is 2.32. The summed E-state index contributed by atoms with van der Waals surface area (Å²) in [5.41, 5.74) is 2.46. The average molecular weight is 499 g/mol. The maximum absolute atomic E-state index is 13.9. The average Bonchev–Trinajstić information content (AvgIpc) is 3.18. The van der Waals surface area contributed by atoms with E-state index in [0.29, 0.717) is 38.7 Å². The number of allylic oxidation sites excluding steroid dienone is 2. The summed E-state index contributed by atoms with van der Waals surface area (Å²) in [6.07, 6.45) is 1.88. The van der Waals surface area contributed by atoms with Gasteiger partial charge in [-0.3, -0.25) is 14.2 Å². The molecular formula is C29H26N2O4S. The minimum absolute atomic E-state index is 0.130. The van der Waals surface area contributed by atoms with Gasteiger partial charge in [-0.25, -0.2) is 4.99 Å². The molecule has 1 aliphatic rings. The second-order valence-electron chi connectivity index (χ2n) is 8.51. The smallest absolute Gasteiger partial charge is 0.271 e. The quantitative estimate of drug-likeness (QED) is 0.396. The third-order valence-electron chi connectivity index (χ3n) is 6.34. The summed E-state index contributed by atoms with van der Waals surface area (Å²) in [6.45, 7) is 5.77. The highest BCUT2D eigenvalue weighted by atomic mass is 32.1. The molecule has 0 fully saturated rings. The first-order chi connectivity index (χ1) is 17.4. The molecule has 0 aliphatic carbocycles. The molecule has 3 aromatic carbocycles. The van der Waals surface area contributed by atoms with Crippen LogP contribution in [-0.4, -0.2) is 24.1 Å². The Labute approximate surface area is 212 Å². The summed E-state index contributed by atoms with van der Waals surface area (Å²) < 4.78 is 13.7. The molecule has 1 aromatic heterocycles. The Kier molecular flexibility index (Phi) is 6.33. The topological polar surface area (TPSA) is 69.9 Å². The fraction of sp³-hybridized carbons (Fsp3) is 0.207. The van der Waals surface area contributed by atoms with Gasteiger partial charge >= 0.3 is 0 Å². The van der Waals surface area contributed by atoms with E-state index in [1.165, 1.54) is 18.3 Å². The Hall–Kier alpha value is -3.97. The molecule has 2 heterocycles. The number of para-hydroxylation sites is 1. The van der Waals surface area contributed by atoms with Crippen molar-refractivity contribution in [1.82, 2.24) is 4.57 Å². The van der Waals surface area contributed by atoms with Crippen molar-refractivity contribution in [3.8, 4) is 11.5 Å². The third kappa shape index (κ3) is 3.95. The Morgan fingerprint density at radius 3 is 2.58 bits per heavy atom. The van der Waals surface area contributed by atoms with Crippen molar-refractivity contribution in [3.63, 3.8) is 0 Å². The summed E-state index contributed by atoms with van der Waals surface area (Å²) >= 11 is 1.31. The van der Waals surface area contributed by atoms with Crippen LogP contribution in [0.1, 0.15) is 37.9 Å². The molecule has 0 saturated heterocycles. The zero-order chi connectivity index (χ0) is 25.4. The molecular weight excluding hydrogens is 472 g/mol. The zero-order valence-electron chi connectivity index (χ0n) is 20.6. The Morgan fingerprint density at radius 2 is 1.83 bits per heavy atom. The third-order valence-corrected chi connectivity index (χ3v) is 7.32. The number of benzene rings is 3. The highest BCUT2D eigenvalue weighted by molar-refractivity contribution is 7.07. The maximum Gasteiger partial charge on any atom is 0.271 e. The first-order valence-electron chi connectivity index (χ1n) is 11.8. The number of ketones is 1. The van der Waals surface area contributed by atoms with Crippen LogP contribution < -0.4 is 24.4 Å². The van der Waals surface area contributed by atoms with Gasteiger partial charge in [-0.2, -0.15) is 0 Å². The van der Waals surface area contributed by atoms with Gasteiger partial charge in [0.1, 0.15) is 11.5 Å². The molecule has 6 nitrogen and oxygen atoms in total. The minimum atomic E-state index is -0.629. The Bertz CT molecular complexity index is 1710. The van der Waals surface area contributed by atoms with Crippen LogP contribution in [-0.2, 0) is 4.79 Å². The monoisotopic (exact) mass is 498 g/mol. The molecule has 1 aliphatic heterocycles. The van der Waals surface area contributed by atoms with Crippen LogP contribution in [0.4, 0.5) is 0 Å². The number of carbonyl (C=O) groups is 1. The number of hydrogen-bond acceptors (Lipinski definition) is 6. The van der Waals surface area contributed by atoms with Crippen LogP contribution in [0.25, 0.3) is 16.8 Å². The van der Waals surface area contributed by atoms with Gasteiger partial charge in [-0.05, 0) is 49.8 Å². The molecule has 182 valence electrons. The molecule has 0 spiro atoms. The molecule has 0 N–H and O–H groups in total. The van der Waals surface area contributed by atoms with E-state index in [1.807, 2.05) is 80.6 Å². The first-order valence-corrected chi connectivity index (χ1v) is 12.6. The van der Waals surface area contributed by atoms with E-state index in [-0.39, 0.29) is 11.3 Å². The van der Waals surface area contributed by atoms with Gasteiger partial charge in [-0.1, -0.05) is 59.9 Å². The Morgan fingerprint density at radius 1 is 1.08 bits per heavy atom. The van der Waals surface area contributed by atoms with Crippen molar-refractivity contribution < 1.29 is 14.3 Å². The number of nitrogens with zero attached hydrogens (tertiary/aromatic N) is 2. The van der Waals surface area contributed by atoms with Gasteiger partial charge in [0.2, 0.25) is 0 Å². The van der Waals surface area contributed by atoms with Gasteiger partial charge in [0.25, 0.3) is 5.56 Å². The number of ether oxygens (including phenoxy) is 2. The molecule has 0 saturated carbocycles. The van der Waals surface area contributed by atoms with Gasteiger partial charge in [-0.15, -0.1) is 0 Å². The highest BCUT2D eigenvalue weighted by Crippen LogP contribution is 2.35. The standard InChI is InChI=1S/C29H26N2O4S/c1-5-35-24-15-14-19-10-6-7-11-20(19)22(24)16-25-28(33)31-27(21-12-8-9-13-23(21)34-4)26(18(3)32)17(2)30-29(31)36-25/h6-16,27H,5H2,1-4H3/b25-16-/t27-/m0/s1. The van der Waals surface area contributed by atoms with Crippen molar-refractivity contribution in [2.45, 2.75) is 26.8 Å². The number of Topliss-reactive ketones (excluding diaryl/α,β-unsaturated/α-hetero) is 1. The van der Waals surface area contributed by atoms with Crippen molar-refractivity contribution in [3.05, 3.63) is 103 Å². The van der Waals surface area contributed by atoms with Gasteiger partial charge in [0.05, 0.1) is 24.3 Å². The van der Waals surface area contributed by atoms with Crippen LogP contribution >= 0.6 is 11.3 Å². The van der Waals surface area contributed by atoms with E-state index in [4.69, 9.17) is 9.47 Å². The lowest BCUT2D eigenvalue weighted by atomic mass is 9.93. The zero-order valence-corrected chi connectivity index (χ0v) is 21.4. The van der Waals surface area contributed by atoms with E-state index in [1.54, 1.807) is 11.7 Å². The summed E-state index contributed by atoms with van der Waals surface area (Å²) in [5.74, 6) is 1.19. The number of rotatable bonds is 6. The molecule has 4 aromatic rings. The van der Waals surface area contributed by atoms with E-state index < -0.39 is 6.04 Å². The molecule has 5 rings (SSSR count). The summed E-state index contributed by atoms with van der Waals surface area (Å²) in [7, 11) is 1.59. The normalized spacial score (nSPS) is 15.6. The van der Waals surface area contributed by atoms with Crippen LogP contribution in [0, 0.1) is 0 Å². The van der Waals surface area contributed by atoms with E-state index in [0.717, 1.165) is 21.9 Å². The van der Waals surface area contributed by atoms with Crippen LogP contribution in [0.15, 0.2) is 81.7 Å². The maximum atomic E-state index is 13.9. The van der Waals surface area contributed by atoms with Gasteiger partial charge in [0.15, 0.2) is 10.6 Å². The minimum Gasteiger partial charge on any atom is -0.496 e. The second kappa shape index (κ2) is 9.59. The van der Waals surface area contributed by atoms with E-state index >= 15 is 0 Å². The summed E-state index contributed by atoms with van der Waals surface area (Å²) in [4.78, 5) is 31.9. The van der Waals surface area contributed by atoms with Crippen molar-refractivity contribution >= 4 is 34.0 Å². The van der Waals surface area contributed by atoms with Crippen molar-refractivity contribution in [2.75, 3.05) is 13.7 Å². The molecule has 7 heteroatoms. The largest absolute Gasteiger partial charge is 0.496 e. The van der Waals surface area contributed by atoms with Crippen LogP contribution in [0.3, 0.4) is 0 Å². The molecule has 36 heavy (non-hydrogen) atoms. The van der Waals surface area contributed by atoms with Gasteiger partial charge in [0, 0.05) is 22.4 Å². The second-order valence-corrected chi connectivity index (χ2v) is 9.52. The molecule has 0 amide bonds. The first kappa shape index (κ1) is 23.8. The van der Waals surface area contributed by atoms with Gasteiger partial charge < -0.3 is 9.47 Å². The fourth-order valence-corrected chi connectivity index (χ4v) is 5.82. The molecule has 0 unspecified atom stereocenters. The lowest BCUT2D eigenvalue weighted by Gasteiger charge is -2.25. The predicted octanol–water partition coefficient (Wildman–Crippen LogP) is 4.38. The summed E-state index contributed by atoms with van der Waals surface area (Å²) in [6, 6.07) is 18.8. The van der Waals surface area contributed by atoms with Crippen LogP contribution in [0.2, 0.25) is 0 Å². The van der Waals surface area contributed by atoms with Crippen LogP contribution in [0.5, 0.6) is 11.5 Å². The Balaban J connectivity index is 1.82. The van der Waals surface area contributed by atoms with E-state index in [2.05, 4.69) is 4.99 Å². The van der Waals surface area contributed by atoms with E-state index in [9.17, 15) is 9.59 Å². The molecule has 0 radical (unpaired) electrons. The number of aromatic nitrogens is 1. The number of thiazole rings is 1. The number of carbonyl (C=O) groups excluding carboxylic acids is 1. The lowest BCUT2D eigenvalue weighted by molar-refractivity contribution is -0.114. The van der Waals surface area contributed by atoms with Crippen molar-refractivity contribution in [2.24, 2.45) is 4.99 Å². The molecule has 0 bridgehead atoms. The summed E-state index contributed by atoms with van der Waals surface area (Å²) in [5, 5.41) is 2.05. The number of methoxy groups -OCH3 is 1. The SMILES string of the molecule is CCOc1ccc2ccccc2c1/C=c1\sc2n(c1=O)[C@@H](c1ccccc1OC)C(C(C)=O)=C(C)N=2. The fourth-order valence-electron chi connectivity index (χ4n) is 4.79. The molecule has 1 atom stereocenters. The number of hydrogen-bond donors (Lipinski definition) is 0. The van der Waals surface area contributed by atoms with Crippen molar-refractivity contribution in [1.29, 1.82) is 0 Å². The predicted molar refractivity (Wildman–Crippen MR) is 143 cm³/mol.